The van der Waals surface area contributed by atoms with E-state index in [0.717, 1.165) is 43.6 Å². The van der Waals surface area contributed by atoms with E-state index in [2.05, 4.69) is 14.8 Å². The van der Waals surface area contributed by atoms with Crippen molar-refractivity contribution in [2.75, 3.05) is 19.0 Å². The second-order valence-corrected chi connectivity index (χ2v) is 6.43. The fraction of sp³-hybridized carbons (Fsp3) is 0.769. The van der Waals surface area contributed by atoms with Gasteiger partial charge in [0.1, 0.15) is 5.82 Å². The van der Waals surface area contributed by atoms with Crippen LogP contribution in [0.15, 0.2) is 5.16 Å². The second-order valence-electron chi connectivity index (χ2n) is 5.49. The molecule has 1 saturated carbocycles. The van der Waals surface area contributed by atoms with E-state index in [9.17, 15) is 4.79 Å². The SMILES string of the molecule is O=C(O)CSc1nnc(C2CC2)n1CC1CCCOC1. The molecule has 110 valence electrons. The van der Waals surface area contributed by atoms with Crippen LogP contribution in [-0.2, 0) is 16.1 Å². The molecule has 0 bridgehead atoms. The maximum Gasteiger partial charge on any atom is 0.313 e. The van der Waals surface area contributed by atoms with Crippen LogP contribution < -0.4 is 0 Å². The van der Waals surface area contributed by atoms with E-state index in [1.165, 1.54) is 24.6 Å². The summed E-state index contributed by atoms with van der Waals surface area (Å²) >= 11 is 1.26. The minimum Gasteiger partial charge on any atom is -0.481 e. The number of nitrogens with zero attached hydrogens (tertiary/aromatic N) is 3. The molecular weight excluding hydrogens is 278 g/mol. The first kappa shape index (κ1) is 13.9. The van der Waals surface area contributed by atoms with Gasteiger partial charge in [-0.2, -0.15) is 0 Å². The fourth-order valence-corrected chi connectivity index (χ4v) is 3.23. The predicted octanol–water partition coefficient (Wildman–Crippen LogP) is 1.76. The van der Waals surface area contributed by atoms with Crippen molar-refractivity contribution in [3.8, 4) is 0 Å². The Morgan fingerprint density at radius 1 is 1.40 bits per heavy atom. The Morgan fingerprint density at radius 3 is 2.90 bits per heavy atom. The topological polar surface area (TPSA) is 77.2 Å². The van der Waals surface area contributed by atoms with Gasteiger partial charge in [0.2, 0.25) is 0 Å². The average molecular weight is 297 g/mol. The molecule has 1 atom stereocenters. The molecule has 7 heteroatoms. The predicted molar refractivity (Wildman–Crippen MR) is 73.9 cm³/mol. The number of rotatable bonds is 6. The van der Waals surface area contributed by atoms with Gasteiger partial charge in [0.25, 0.3) is 0 Å². The van der Waals surface area contributed by atoms with Crippen molar-refractivity contribution in [1.82, 2.24) is 14.8 Å². The molecule has 2 aliphatic rings. The number of aliphatic carboxylic acids is 1. The zero-order chi connectivity index (χ0) is 13.9. The molecule has 1 aromatic heterocycles. The van der Waals surface area contributed by atoms with E-state index < -0.39 is 5.97 Å². The van der Waals surface area contributed by atoms with Crippen LogP contribution in [0.4, 0.5) is 0 Å². The molecule has 1 aliphatic heterocycles. The van der Waals surface area contributed by atoms with Crippen LogP contribution in [0.5, 0.6) is 0 Å². The van der Waals surface area contributed by atoms with E-state index in [-0.39, 0.29) is 5.75 Å². The third kappa shape index (κ3) is 3.32. The molecule has 0 aromatic carbocycles. The Kier molecular flexibility index (Phi) is 4.26. The first-order chi connectivity index (χ1) is 9.74. The summed E-state index contributed by atoms with van der Waals surface area (Å²) in [7, 11) is 0. The Balaban J connectivity index is 1.73. The van der Waals surface area contributed by atoms with Crippen molar-refractivity contribution in [2.45, 2.75) is 43.3 Å². The van der Waals surface area contributed by atoms with Crippen molar-refractivity contribution in [3.05, 3.63) is 5.82 Å². The van der Waals surface area contributed by atoms with Crippen LogP contribution in [0.1, 0.15) is 37.4 Å². The van der Waals surface area contributed by atoms with E-state index >= 15 is 0 Å². The van der Waals surface area contributed by atoms with Crippen LogP contribution in [-0.4, -0.2) is 44.8 Å². The number of hydrogen-bond donors (Lipinski definition) is 1. The number of aromatic nitrogens is 3. The van der Waals surface area contributed by atoms with Crippen LogP contribution in [0.3, 0.4) is 0 Å². The van der Waals surface area contributed by atoms with Gasteiger partial charge < -0.3 is 14.4 Å². The fourth-order valence-electron chi connectivity index (χ4n) is 2.56. The number of carbonyl (C=O) groups is 1. The van der Waals surface area contributed by atoms with Gasteiger partial charge in [0.05, 0.1) is 12.4 Å². The Labute approximate surface area is 121 Å². The highest BCUT2D eigenvalue weighted by Gasteiger charge is 2.31. The molecule has 0 spiro atoms. The van der Waals surface area contributed by atoms with Crippen molar-refractivity contribution in [3.63, 3.8) is 0 Å². The molecule has 2 fully saturated rings. The van der Waals surface area contributed by atoms with Gasteiger partial charge in [-0.05, 0) is 25.7 Å². The summed E-state index contributed by atoms with van der Waals surface area (Å²) in [5, 5.41) is 18.0. The van der Waals surface area contributed by atoms with Gasteiger partial charge in [-0.15, -0.1) is 10.2 Å². The molecule has 1 aromatic rings. The first-order valence-electron chi connectivity index (χ1n) is 7.09. The quantitative estimate of drug-likeness (QED) is 0.806. The molecule has 1 aliphatic carbocycles. The van der Waals surface area contributed by atoms with Crippen molar-refractivity contribution in [1.29, 1.82) is 0 Å². The summed E-state index contributed by atoms with van der Waals surface area (Å²) in [6.45, 7) is 2.49. The Hall–Kier alpha value is -1.08. The van der Waals surface area contributed by atoms with E-state index in [4.69, 9.17) is 9.84 Å². The van der Waals surface area contributed by atoms with Crippen LogP contribution in [0.25, 0.3) is 0 Å². The van der Waals surface area contributed by atoms with Crippen molar-refractivity contribution in [2.24, 2.45) is 5.92 Å². The highest BCUT2D eigenvalue weighted by atomic mass is 32.2. The van der Waals surface area contributed by atoms with Crippen LogP contribution >= 0.6 is 11.8 Å². The maximum atomic E-state index is 10.7. The summed E-state index contributed by atoms with van der Waals surface area (Å²) in [6, 6.07) is 0. The van der Waals surface area contributed by atoms with E-state index in [1.807, 2.05) is 0 Å². The normalized spacial score (nSPS) is 22.9. The van der Waals surface area contributed by atoms with Gasteiger partial charge >= 0.3 is 5.97 Å². The molecular formula is C13H19N3O3S. The third-order valence-electron chi connectivity index (χ3n) is 3.71. The highest BCUT2D eigenvalue weighted by molar-refractivity contribution is 7.99. The molecule has 1 unspecified atom stereocenters. The molecule has 20 heavy (non-hydrogen) atoms. The van der Waals surface area contributed by atoms with Gasteiger partial charge in [0, 0.05) is 25.0 Å². The monoisotopic (exact) mass is 297 g/mol. The highest BCUT2D eigenvalue weighted by Crippen LogP contribution is 2.40. The lowest BCUT2D eigenvalue weighted by Crippen LogP contribution is -2.23. The van der Waals surface area contributed by atoms with Crippen LogP contribution in [0, 0.1) is 5.92 Å². The minimum atomic E-state index is -0.821. The maximum absolute atomic E-state index is 10.7. The lowest BCUT2D eigenvalue weighted by molar-refractivity contribution is -0.133. The third-order valence-corrected chi connectivity index (χ3v) is 4.66. The average Bonchev–Trinajstić information content (AvgIpc) is 3.21. The number of carboxylic acids is 1. The number of ether oxygens (including phenoxy) is 1. The van der Waals surface area contributed by atoms with Gasteiger partial charge in [-0.3, -0.25) is 4.79 Å². The second kappa shape index (κ2) is 6.13. The van der Waals surface area contributed by atoms with E-state index in [1.54, 1.807) is 0 Å². The number of hydrogen-bond acceptors (Lipinski definition) is 5. The zero-order valence-corrected chi connectivity index (χ0v) is 12.1. The number of thioether (sulfide) groups is 1. The zero-order valence-electron chi connectivity index (χ0n) is 11.3. The van der Waals surface area contributed by atoms with Crippen molar-refractivity contribution < 1.29 is 14.6 Å². The summed E-state index contributed by atoms with van der Waals surface area (Å²) in [5.41, 5.74) is 0. The van der Waals surface area contributed by atoms with Gasteiger partial charge in [-0.1, -0.05) is 11.8 Å². The molecule has 1 N–H and O–H groups in total. The van der Waals surface area contributed by atoms with Crippen LogP contribution in [0.2, 0.25) is 0 Å². The summed E-state index contributed by atoms with van der Waals surface area (Å²) in [6.07, 6.45) is 4.60. The molecule has 0 radical (unpaired) electrons. The number of carboxylic acid groups (broad SMARTS) is 1. The minimum absolute atomic E-state index is 0.0317. The molecule has 1 saturated heterocycles. The molecule has 0 amide bonds. The van der Waals surface area contributed by atoms with E-state index in [0.29, 0.717) is 11.8 Å². The largest absolute Gasteiger partial charge is 0.481 e. The Morgan fingerprint density at radius 2 is 2.25 bits per heavy atom. The summed E-state index contributed by atoms with van der Waals surface area (Å²) in [4.78, 5) is 10.7. The van der Waals surface area contributed by atoms with Crippen molar-refractivity contribution >= 4 is 17.7 Å². The molecule has 6 nitrogen and oxygen atoms in total. The lowest BCUT2D eigenvalue weighted by Gasteiger charge is -2.23. The Bertz CT molecular complexity index is 481. The molecule has 3 rings (SSSR count). The standard InChI is InChI=1S/C13H19N3O3S/c17-11(18)8-20-13-15-14-12(10-3-4-10)16(13)6-9-2-1-5-19-7-9/h9-10H,1-8H2,(H,17,18). The summed E-state index contributed by atoms with van der Waals surface area (Å²) in [5.74, 6) is 1.25. The van der Waals surface area contributed by atoms with Gasteiger partial charge in [-0.25, -0.2) is 0 Å². The first-order valence-corrected chi connectivity index (χ1v) is 8.08. The van der Waals surface area contributed by atoms with Gasteiger partial charge in [0.15, 0.2) is 5.16 Å². The molecule has 2 heterocycles. The lowest BCUT2D eigenvalue weighted by atomic mass is 10.0. The summed E-state index contributed by atoms with van der Waals surface area (Å²) < 4.78 is 7.66. The smallest absolute Gasteiger partial charge is 0.313 e.